The first kappa shape index (κ1) is 11.0. The minimum Gasteiger partial charge on any atom is -0.329 e. The predicted molar refractivity (Wildman–Crippen MR) is 60.3 cm³/mol. The summed E-state index contributed by atoms with van der Waals surface area (Å²) in [5, 5.41) is 0.567. The molecule has 18 heavy (non-hydrogen) atoms. The van der Waals surface area contributed by atoms with Gasteiger partial charge in [0, 0.05) is 0 Å². The highest BCUT2D eigenvalue weighted by atomic mass is 16.7. The van der Waals surface area contributed by atoms with Crippen molar-refractivity contribution in [3.63, 3.8) is 0 Å². The molecule has 2 atom stereocenters. The zero-order chi connectivity index (χ0) is 12.9. The first-order valence-electron chi connectivity index (χ1n) is 5.79. The lowest BCUT2D eigenvalue weighted by Gasteiger charge is -2.12. The zero-order valence-electron chi connectivity index (χ0n) is 9.75. The second-order valence-electron chi connectivity index (χ2n) is 4.68. The van der Waals surface area contributed by atoms with Gasteiger partial charge in [-0.25, -0.2) is 4.79 Å². The van der Waals surface area contributed by atoms with Crippen molar-refractivity contribution in [1.82, 2.24) is 5.06 Å². The maximum absolute atomic E-state index is 11.9. The van der Waals surface area contributed by atoms with Crippen molar-refractivity contribution in [1.29, 1.82) is 0 Å². The zero-order valence-corrected chi connectivity index (χ0v) is 9.75. The number of hydrogen-bond donors (Lipinski definition) is 0. The van der Waals surface area contributed by atoms with E-state index in [0.717, 1.165) is 6.42 Å². The minimum atomic E-state index is -0.572. The highest BCUT2D eigenvalue weighted by Gasteiger charge is 2.45. The number of amides is 2. The van der Waals surface area contributed by atoms with Crippen LogP contribution in [0.25, 0.3) is 0 Å². The van der Waals surface area contributed by atoms with Gasteiger partial charge in [0.2, 0.25) is 0 Å². The maximum atomic E-state index is 11.9. The Labute approximate surface area is 103 Å². The number of nitrogens with zero attached hydrogens (tertiary/aromatic N) is 1. The molecule has 1 fully saturated rings. The Bertz CT molecular complexity index is 531. The Morgan fingerprint density at radius 1 is 1.22 bits per heavy atom. The number of imide groups is 1. The summed E-state index contributed by atoms with van der Waals surface area (Å²) in [6.45, 7) is 1.92. The Hall–Kier alpha value is -2.17. The lowest BCUT2D eigenvalue weighted by molar-refractivity contribution is -0.170. The Kier molecular flexibility index (Phi) is 2.23. The molecule has 0 bridgehead atoms. The van der Waals surface area contributed by atoms with Crippen molar-refractivity contribution in [2.24, 2.45) is 11.8 Å². The molecule has 1 aromatic carbocycles. The molecule has 5 nitrogen and oxygen atoms in total. The maximum Gasteiger partial charge on any atom is 0.336 e. The second kappa shape index (κ2) is 3.66. The van der Waals surface area contributed by atoms with E-state index in [9.17, 15) is 14.4 Å². The molecule has 92 valence electrons. The number of carbonyl (C=O) groups excluding carboxylic acids is 3. The Balaban J connectivity index is 1.82. The van der Waals surface area contributed by atoms with Gasteiger partial charge in [0.25, 0.3) is 11.8 Å². The van der Waals surface area contributed by atoms with Gasteiger partial charge in [0.1, 0.15) is 0 Å². The van der Waals surface area contributed by atoms with E-state index >= 15 is 0 Å². The first-order chi connectivity index (χ1) is 8.59. The van der Waals surface area contributed by atoms with Crippen LogP contribution in [0.2, 0.25) is 0 Å². The molecule has 0 aromatic heterocycles. The number of fused-ring (bicyclic) bond motifs is 1. The predicted octanol–water partition coefficient (Wildman–Crippen LogP) is 1.40. The topological polar surface area (TPSA) is 63.7 Å². The molecule has 1 aliphatic carbocycles. The average molecular weight is 245 g/mol. The van der Waals surface area contributed by atoms with Crippen LogP contribution >= 0.6 is 0 Å². The van der Waals surface area contributed by atoms with E-state index in [2.05, 4.69) is 0 Å². The molecule has 1 aliphatic heterocycles. The molecule has 5 heteroatoms. The summed E-state index contributed by atoms with van der Waals surface area (Å²) < 4.78 is 0. The molecule has 0 spiro atoms. The van der Waals surface area contributed by atoms with Crippen LogP contribution in [-0.2, 0) is 9.63 Å². The van der Waals surface area contributed by atoms with Gasteiger partial charge in [-0.15, -0.1) is 0 Å². The molecule has 2 amide bonds. The van der Waals surface area contributed by atoms with Gasteiger partial charge < -0.3 is 4.84 Å². The van der Waals surface area contributed by atoms with Crippen LogP contribution < -0.4 is 0 Å². The lowest BCUT2D eigenvalue weighted by Crippen LogP contribution is -2.33. The van der Waals surface area contributed by atoms with E-state index in [1.807, 2.05) is 6.92 Å². The van der Waals surface area contributed by atoms with E-state index in [-0.39, 0.29) is 23.0 Å². The first-order valence-corrected chi connectivity index (χ1v) is 5.79. The largest absolute Gasteiger partial charge is 0.336 e. The molecular formula is C13H11NO4. The molecule has 3 rings (SSSR count). The average Bonchev–Trinajstić information content (AvgIpc) is 3.06. The van der Waals surface area contributed by atoms with Gasteiger partial charge in [0.15, 0.2) is 0 Å². The van der Waals surface area contributed by atoms with Crippen LogP contribution in [0.1, 0.15) is 34.1 Å². The SMILES string of the molecule is CC1CC1C(=O)ON1C(=O)c2ccccc2C1=O. The van der Waals surface area contributed by atoms with Gasteiger partial charge in [-0.2, -0.15) is 0 Å². The van der Waals surface area contributed by atoms with Crippen LogP contribution in [0.15, 0.2) is 24.3 Å². The van der Waals surface area contributed by atoms with E-state index in [1.54, 1.807) is 24.3 Å². The van der Waals surface area contributed by atoms with Crippen molar-refractivity contribution < 1.29 is 19.2 Å². The number of carbonyl (C=O) groups is 3. The van der Waals surface area contributed by atoms with Crippen LogP contribution in [-0.4, -0.2) is 22.8 Å². The van der Waals surface area contributed by atoms with Crippen LogP contribution in [0.3, 0.4) is 0 Å². The van der Waals surface area contributed by atoms with E-state index in [1.165, 1.54) is 0 Å². The summed E-state index contributed by atoms with van der Waals surface area (Å²) in [6, 6.07) is 6.42. The summed E-state index contributed by atoms with van der Waals surface area (Å²) in [7, 11) is 0. The fourth-order valence-electron chi connectivity index (χ4n) is 2.06. The fourth-order valence-corrected chi connectivity index (χ4v) is 2.06. The van der Waals surface area contributed by atoms with Crippen molar-refractivity contribution in [3.05, 3.63) is 35.4 Å². The van der Waals surface area contributed by atoms with Crippen molar-refractivity contribution in [2.75, 3.05) is 0 Å². The van der Waals surface area contributed by atoms with Gasteiger partial charge in [-0.1, -0.05) is 24.1 Å². The molecule has 0 saturated heterocycles. The quantitative estimate of drug-likeness (QED) is 0.739. The van der Waals surface area contributed by atoms with Gasteiger partial charge in [0.05, 0.1) is 17.0 Å². The molecule has 0 N–H and O–H groups in total. The Morgan fingerprint density at radius 3 is 2.17 bits per heavy atom. The van der Waals surface area contributed by atoms with Crippen molar-refractivity contribution >= 4 is 17.8 Å². The summed E-state index contributed by atoms with van der Waals surface area (Å²) >= 11 is 0. The monoisotopic (exact) mass is 245 g/mol. The highest BCUT2D eigenvalue weighted by molar-refractivity contribution is 6.20. The number of benzene rings is 1. The molecule has 2 unspecified atom stereocenters. The fraction of sp³-hybridized carbons (Fsp3) is 0.308. The molecule has 1 aromatic rings. The number of hydroxylamine groups is 2. The number of hydrogen-bond acceptors (Lipinski definition) is 4. The minimum absolute atomic E-state index is 0.186. The van der Waals surface area contributed by atoms with Crippen molar-refractivity contribution in [3.8, 4) is 0 Å². The van der Waals surface area contributed by atoms with Crippen molar-refractivity contribution in [2.45, 2.75) is 13.3 Å². The third-order valence-electron chi connectivity index (χ3n) is 3.35. The summed E-state index contributed by atoms with van der Waals surface area (Å²) in [4.78, 5) is 40.3. The standard InChI is InChI=1S/C13H11NO4/c1-7-6-10(7)13(17)18-14-11(15)8-4-2-3-5-9(8)12(14)16/h2-5,7,10H,6H2,1H3. The normalized spacial score (nSPS) is 25.1. The summed E-state index contributed by atoms with van der Waals surface area (Å²) in [5.74, 6) is -1.56. The second-order valence-corrected chi connectivity index (χ2v) is 4.68. The van der Waals surface area contributed by atoms with Gasteiger partial charge in [-0.05, 0) is 24.5 Å². The van der Waals surface area contributed by atoms with Crippen LogP contribution in [0.5, 0.6) is 0 Å². The third-order valence-corrected chi connectivity index (χ3v) is 3.35. The highest BCUT2D eigenvalue weighted by Crippen LogP contribution is 2.39. The summed E-state index contributed by atoms with van der Waals surface area (Å²) in [5.41, 5.74) is 0.554. The van der Waals surface area contributed by atoms with E-state index in [4.69, 9.17) is 4.84 Å². The van der Waals surface area contributed by atoms with E-state index in [0.29, 0.717) is 5.06 Å². The third kappa shape index (κ3) is 1.51. The smallest absolute Gasteiger partial charge is 0.329 e. The van der Waals surface area contributed by atoms with E-state index < -0.39 is 17.8 Å². The van der Waals surface area contributed by atoms with Gasteiger partial charge >= 0.3 is 5.97 Å². The molecule has 0 radical (unpaired) electrons. The lowest BCUT2D eigenvalue weighted by atomic mass is 10.1. The van der Waals surface area contributed by atoms with Gasteiger partial charge in [-0.3, -0.25) is 9.59 Å². The summed E-state index contributed by atoms with van der Waals surface area (Å²) in [6.07, 6.45) is 0.752. The number of rotatable bonds is 2. The van der Waals surface area contributed by atoms with Crippen LogP contribution in [0.4, 0.5) is 0 Å². The van der Waals surface area contributed by atoms with Crippen LogP contribution in [0, 0.1) is 11.8 Å². The molecule has 2 aliphatic rings. The molecule has 1 heterocycles. The molecule has 1 saturated carbocycles. The Morgan fingerprint density at radius 2 is 1.72 bits per heavy atom. The molecular weight excluding hydrogens is 234 g/mol.